The number of methoxy groups -OCH3 is 1. The first-order valence-corrected chi connectivity index (χ1v) is 9.99. The van der Waals surface area contributed by atoms with Crippen molar-refractivity contribution in [2.24, 2.45) is 5.41 Å². The van der Waals surface area contributed by atoms with Crippen LogP contribution in [0.4, 0.5) is 4.39 Å². The average molecular weight is 406 g/mol. The Labute approximate surface area is 173 Å². The van der Waals surface area contributed by atoms with Gasteiger partial charge in [0.15, 0.2) is 5.65 Å². The molecule has 5 rings (SSSR count). The largest absolute Gasteiger partial charge is 0.384 e. The number of H-pyrrole nitrogens is 1. The number of nitrogens with zero attached hydrogens (tertiary/aromatic N) is 5. The highest BCUT2D eigenvalue weighted by molar-refractivity contribution is 5.97. The zero-order valence-corrected chi connectivity index (χ0v) is 17.2. The van der Waals surface area contributed by atoms with Gasteiger partial charge in [-0.1, -0.05) is 6.92 Å². The number of hydrogen-bond acceptors (Lipinski definition) is 5. The molecule has 0 radical (unpaired) electrons. The van der Waals surface area contributed by atoms with Gasteiger partial charge in [0.2, 0.25) is 0 Å². The van der Waals surface area contributed by atoms with E-state index in [1.807, 2.05) is 6.92 Å². The molecule has 1 atom stereocenters. The Hall–Kier alpha value is -3.13. The number of ether oxygens (including phenoxy) is 1. The summed E-state index contributed by atoms with van der Waals surface area (Å²) in [6.45, 7) is 5.61. The van der Waals surface area contributed by atoms with Crippen LogP contribution >= 0.6 is 0 Å². The standard InChI is InChI=1S/C22H23FN6O/c1-13-8-15(16-10-25-27-21(16)26-13)19-18-6-7-22(2,12-30-3)11-29(18)28-20(19)17-5-4-14(23)9-24-17/h4-5,8-10H,6-7,11-12H2,1-3H3,(H,25,26,27)/t22-/m1/s1. The molecule has 8 heteroatoms. The van der Waals surface area contributed by atoms with E-state index < -0.39 is 0 Å². The number of rotatable bonds is 4. The first-order chi connectivity index (χ1) is 14.5. The van der Waals surface area contributed by atoms with Crippen LogP contribution in [-0.2, 0) is 17.7 Å². The summed E-state index contributed by atoms with van der Waals surface area (Å²) in [5.41, 5.74) is 6.22. The minimum Gasteiger partial charge on any atom is -0.384 e. The van der Waals surface area contributed by atoms with Crippen LogP contribution in [0.3, 0.4) is 0 Å². The summed E-state index contributed by atoms with van der Waals surface area (Å²) in [5, 5.41) is 13.0. The molecule has 5 heterocycles. The molecule has 0 aromatic carbocycles. The molecule has 0 spiro atoms. The molecule has 0 fully saturated rings. The van der Waals surface area contributed by atoms with E-state index >= 15 is 0 Å². The first kappa shape index (κ1) is 18.9. The van der Waals surface area contributed by atoms with Gasteiger partial charge < -0.3 is 4.74 Å². The van der Waals surface area contributed by atoms with E-state index in [0.29, 0.717) is 12.3 Å². The molecular formula is C22H23FN6O. The Balaban J connectivity index is 1.76. The maximum Gasteiger partial charge on any atom is 0.155 e. The van der Waals surface area contributed by atoms with Crippen LogP contribution in [0.1, 0.15) is 24.7 Å². The lowest BCUT2D eigenvalue weighted by Crippen LogP contribution is -2.34. The lowest BCUT2D eigenvalue weighted by molar-refractivity contribution is 0.0596. The Kier molecular flexibility index (Phi) is 4.39. The van der Waals surface area contributed by atoms with Gasteiger partial charge in [-0.05, 0) is 38.0 Å². The average Bonchev–Trinajstić information content (AvgIpc) is 3.32. The van der Waals surface area contributed by atoms with Crippen molar-refractivity contribution in [3.8, 4) is 22.5 Å². The van der Waals surface area contributed by atoms with E-state index in [2.05, 4.69) is 37.8 Å². The number of hydrogen-bond donors (Lipinski definition) is 1. The summed E-state index contributed by atoms with van der Waals surface area (Å²) < 4.78 is 21.1. The Morgan fingerprint density at radius 2 is 2.17 bits per heavy atom. The quantitative estimate of drug-likeness (QED) is 0.555. The fraction of sp³-hybridized carbons (Fsp3) is 0.364. The maximum absolute atomic E-state index is 13.5. The minimum absolute atomic E-state index is 0.0116. The van der Waals surface area contributed by atoms with Gasteiger partial charge in [0.1, 0.15) is 11.5 Å². The molecular weight excluding hydrogens is 383 g/mol. The van der Waals surface area contributed by atoms with Crippen molar-refractivity contribution >= 4 is 11.0 Å². The van der Waals surface area contributed by atoms with Gasteiger partial charge >= 0.3 is 0 Å². The van der Waals surface area contributed by atoms with Crippen molar-refractivity contribution in [2.45, 2.75) is 33.2 Å². The summed E-state index contributed by atoms with van der Waals surface area (Å²) in [6.07, 6.45) is 4.89. The molecule has 1 N–H and O–H groups in total. The van der Waals surface area contributed by atoms with Crippen molar-refractivity contribution in [3.63, 3.8) is 0 Å². The van der Waals surface area contributed by atoms with Crippen LogP contribution in [-0.4, -0.2) is 43.7 Å². The monoisotopic (exact) mass is 406 g/mol. The summed E-state index contributed by atoms with van der Waals surface area (Å²) in [7, 11) is 1.73. The van der Waals surface area contributed by atoms with Crippen LogP contribution in [0.25, 0.3) is 33.5 Å². The molecule has 0 saturated heterocycles. The molecule has 0 saturated carbocycles. The second-order valence-corrected chi connectivity index (χ2v) is 8.38. The number of aromatic amines is 1. The van der Waals surface area contributed by atoms with Gasteiger partial charge in [-0.3, -0.25) is 14.8 Å². The van der Waals surface area contributed by atoms with Crippen molar-refractivity contribution < 1.29 is 9.13 Å². The maximum atomic E-state index is 13.5. The Morgan fingerprint density at radius 3 is 2.93 bits per heavy atom. The van der Waals surface area contributed by atoms with E-state index in [0.717, 1.165) is 58.6 Å². The molecule has 154 valence electrons. The first-order valence-electron chi connectivity index (χ1n) is 9.99. The molecule has 1 aliphatic rings. The summed E-state index contributed by atoms with van der Waals surface area (Å²) >= 11 is 0. The van der Waals surface area contributed by atoms with E-state index in [1.165, 1.54) is 12.3 Å². The van der Waals surface area contributed by atoms with Gasteiger partial charge in [0, 0.05) is 47.0 Å². The fourth-order valence-electron chi connectivity index (χ4n) is 4.45. The number of nitrogens with one attached hydrogen (secondary N) is 1. The van der Waals surface area contributed by atoms with E-state index in [1.54, 1.807) is 19.4 Å². The topological polar surface area (TPSA) is 81.5 Å². The van der Waals surface area contributed by atoms with Gasteiger partial charge in [0.25, 0.3) is 0 Å². The molecule has 4 aromatic rings. The third-order valence-corrected chi connectivity index (χ3v) is 5.84. The smallest absolute Gasteiger partial charge is 0.155 e. The summed E-state index contributed by atoms with van der Waals surface area (Å²) in [6, 6.07) is 5.17. The number of aromatic nitrogens is 6. The van der Waals surface area contributed by atoms with Crippen molar-refractivity contribution in [1.29, 1.82) is 0 Å². The Bertz CT molecular complexity index is 1230. The van der Waals surface area contributed by atoms with Gasteiger partial charge in [0.05, 0.1) is 24.7 Å². The third-order valence-electron chi connectivity index (χ3n) is 5.84. The molecule has 30 heavy (non-hydrogen) atoms. The number of aryl methyl sites for hydroxylation is 1. The van der Waals surface area contributed by atoms with E-state index in [4.69, 9.17) is 9.84 Å². The van der Waals surface area contributed by atoms with Crippen molar-refractivity contribution in [1.82, 2.24) is 29.9 Å². The van der Waals surface area contributed by atoms with Crippen LogP contribution in [0.2, 0.25) is 0 Å². The lowest BCUT2D eigenvalue weighted by Gasteiger charge is -2.33. The minimum atomic E-state index is -0.367. The molecule has 0 unspecified atom stereocenters. The zero-order valence-electron chi connectivity index (χ0n) is 17.2. The van der Waals surface area contributed by atoms with E-state index in [9.17, 15) is 4.39 Å². The van der Waals surface area contributed by atoms with Crippen molar-refractivity contribution in [3.05, 3.63) is 47.8 Å². The summed E-state index contributed by atoms with van der Waals surface area (Å²) in [5.74, 6) is -0.367. The van der Waals surface area contributed by atoms with Crippen LogP contribution < -0.4 is 0 Å². The van der Waals surface area contributed by atoms with Gasteiger partial charge in [-0.15, -0.1) is 0 Å². The Morgan fingerprint density at radius 1 is 1.30 bits per heavy atom. The molecule has 4 aromatic heterocycles. The predicted molar refractivity (Wildman–Crippen MR) is 111 cm³/mol. The van der Waals surface area contributed by atoms with Gasteiger partial charge in [-0.25, -0.2) is 9.37 Å². The SMILES string of the molecule is COC[C@]1(C)CCc2c(-c3cc(C)nc4[nH]ncc34)c(-c3ccc(F)cn3)nn2C1. The summed E-state index contributed by atoms with van der Waals surface area (Å²) in [4.78, 5) is 8.88. The van der Waals surface area contributed by atoms with Gasteiger partial charge in [-0.2, -0.15) is 10.2 Å². The zero-order chi connectivity index (χ0) is 20.9. The third kappa shape index (κ3) is 3.08. The second-order valence-electron chi connectivity index (χ2n) is 8.38. The molecule has 7 nitrogen and oxygen atoms in total. The predicted octanol–water partition coefficient (Wildman–Crippen LogP) is 3.93. The van der Waals surface area contributed by atoms with Crippen molar-refractivity contribution in [2.75, 3.05) is 13.7 Å². The van der Waals surface area contributed by atoms with E-state index in [-0.39, 0.29) is 11.2 Å². The number of fused-ring (bicyclic) bond motifs is 2. The molecule has 0 aliphatic carbocycles. The fourth-order valence-corrected chi connectivity index (χ4v) is 4.45. The number of pyridine rings is 2. The highest BCUT2D eigenvalue weighted by Crippen LogP contribution is 2.42. The normalized spacial score (nSPS) is 18.7. The van der Waals surface area contributed by atoms with Crippen LogP contribution in [0.15, 0.2) is 30.6 Å². The van der Waals surface area contributed by atoms with Crippen LogP contribution in [0, 0.1) is 18.2 Å². The highest BCUT2D eigenvalue weighted by Gasteiger charge is 2.34. The number of halogens is 1. The molecule has 1 aliphatic heterocycles. The highest BCUT2D eigenvalue weighted by atomic mass is 19.1. The molecule has 0 bridgehead atoms. The second kappa shape index (κ2) is 6.98. The lowest BCUT2D eigenvalue weighted by atomic mass is 9.82. The van der Waals surface area contributed by atoms with Crippen LogP contribution in [0.5, 0.6) is 0 Å². The molecule has 0 amide bonds.